The molecule has 0 saturated carbocycles. The molecular formula is C11H14N6OS. The lowest BCUT2D eigenvalue weighted by Crippen LogP contribution is -2.26. The van der Waals surface area contributed by atoms with E-state index in [4.69, 9.17) is 0 Å². The van der Waals surface area contributed by atoms with Gasteiger partial charge in [-0.2, -0.15) is 15.4 Å². The number of aromatic nitrogens is 5. The second kappa shape index (κ2) is 5.43. The van der Waals surface area contributed by atoms with Gasteiger partial charge in [0, 0.05) is 23.6 Å². The lowest BCUT2D eigenvalue weighted by molar-refractivity contribution is 0.0950. The summed E-state index contributed by atoms with van der Waals surface area (Å²) in [7, 11) is 0. The van der Waals surface area contributed by atoms with Crippen molar-refractivity contribution in [2.45, 2.75) is 24.3 Å². The number of nitrogens with zero attached hydrogens (tertiary/aromatic N) is 3. The van der Waals surface area contributed by atoms with Crippen LogP contribution >= 0.6 is 11.8 Å². The zero-order valence-corrected chi connectivity index (χ0v) is 11.1. The SMILES string of the molecule is O=C(NCCSc1cn[nH]n1)c1n[nH]c2c1CCC2. The van der Waals surface area contributed by atoms with E-state index >= 15 is 0 Å². The van der Waals surface area contributed by atoms with E-state index in [0.29, 0.717) is 12.2 Å². The Balaban J connectivity index is 1.48. The monoisotopic (exact) mass is 278 g/mol. The molecule has 0 aliphatic heterocycles. The number of aryl methyl sites for hydroxylation is 1. The van der Waals surface area contributed by atoms with Crippen LogP contribution in [0.2, 0.25) is 0 Å². The van der Waals surface area contributed by atoms with Gasteiger partial charge in [-0.3, -0.25) is 9.89 Å². The first-order chi connectivity index (χ1) is 9.34. The van der Waals surface area contributed by atoms with E-state index in [2.05, 4.69) is 30.9 Å². The molecule has 0 aromatic carbocycles. The predicted molar refractivity (Wildman–Crippen MR) is 70.1 cm³/mol. The molecule has 2 heterocycles. The first kappa shape index (κ1) is 12.2. The summed E-state index contributed by atoms with van der Waals surface area (Å²) in [5.74, 6) is 0.658. The molecule has 0 atom stereocenters. The maximum atomic E-state index is 12.0. The Hall–Kier alpha value is -1.83. The van der Waals surface area contributed by atoms with Gasteiger partial charge in [0.2, 0.25) is 0 Å². The molecule has 1 amide bonds. The van der Waals surface area contributed by atoms with Crippen molar-refractivity contribution >= 4 is 17.7 Å². The van der Waals surface area contributed by atoms with E-state index in [1.165, 1.54) is 0 Å². The number of amides is 1. The molecule has 1 aliphatic carbocycles. The third-order valence-electron chi connectivity index (χ3n) is 3.05. The number of carbonyl (C=O) groups is 1. The lowest BCUT2D eigenvalue weighted by atomic mass is 10.2. The molecule has 7 nitrogen and oxygen atoms in total. The second-order valence-corrected chi connectivity index (χ2v) is 5.41. The van der Waals surface area contributed by atoms with Crippen molar-refractivity contribution in [2.24, 2.45) is 0 Å². The van der Waals surface area contributed by atoms with E-state index in [-0.39, 0.29) is 5.91 Å². The van der Waals surface area contributed by atoms with Crippen molar-refractivity contribution in [1.29, 1.82) is 0 Å². The lowest BCUT2D eigenvalue weighted by Gasteiger charge is -2.03. The number of H-pyrrole nitrogens is 2. The smallest absolute Gasteiger partial charge is 0.272 e. The molecule has 3 rings (SSSR count). The first-order valence-corrected chi connectivity index (χ1v) is 7.16. The number of carbonyl (C=O) groups excluding carboxylic acids is 1. The maximum Gasteiger partial charge on any atom is 0.272 e. The van der Waals surface area contributed by atoms with Gasteiger partial charge >= 0.3 is 0 Å². The van der Waals surface area contributed by atoms with Gasteiger partial charge in [0.25, 0.3) is 5.91 Å². The van der Waals surface area contributed by atoms with Crippen LogP contribution in [-0.2, 0) is 12.8 Å². The third-order valence-corrected chi connectivity index (χ3v) is 3.95. The van der Waals surface area contributed by atoms with Gasteiger partial charge in [0.15, 0.2) is 5.69 Å². The molecule has 0 radical (unpaired) electrons. The fraction of sp³-hybridized carbons (Fsp3) is 0.455. The Morgan fingerprint density at radius 3 is 3.21 bits per heavy atom. The molecule has 0 spiro atoms. The Kier molecular flexibility index (Phi) is 3.49. The summed E-state index contributed by atoms with van der Waals surface area (Å²) < 4.78 is 0. The number of hydrogen-bond donors (Lipinski definition) is 3. The summed E-state index contributed by atoms with van der Waals surface area (Å²) in [6, 6.07) is 0. The number of rotatable bonds is 5. The van der Waals surface area contributed by atoms with Crippen molar-refractivity contribution in [3.63, 3.8) is 0 Å². The fourth-order valence-electron chi connectivity index (χ4n) is 2.17. The van der Waals surface area contributed by atoms with Crippen molar-refractivity contribution in [2.75, 3.05) is 12.3 Å². The third kappa shape index (κ3) is 2.62. The highest BCUT2D eigenvalue weighted by Gasteiger charge is 2.22. The van der Waals surface area contributed by atoms with Gasteiger partial charge in [-0.25, -0.2) is 0 Å². The van der Waals surface area contributed by atoms with Crippen LogP contribution in [0.3, 0.4) is 0 Å². The van der Waals surface area contributed by atoms with E-state index < -0.39 is 0 Å². The van der Waals surface area contributed by atoms with Crippen LogP contribution in [0.15, 0.2) is 11.2 Å². The normalized spacial score (nSPS) is 13.5. The summed E-state index contributed by atoms with van der Waals surface area (Å²) in [6.45, 7) is 0.581. The largest absolute Gasteiger partial charge is 0.350 e. The van der Waals surface area contributed by atoms with E-state index in [9.17, 15) is 4.79 Å². The van der Waals surface area contributed by atoms with Crippen molar-refractivity contribution in [3.8, 4) is 0 Å². The van der Waals surface area contributed by atoms with Crippen molar-refractivity contribution in [1.82, 2.24) is 30.9 Å². The first-order valence-electron chi connectivity index (χ1n) is 6.17. The summed E-state index contributed by atoms with van der Waals surface area (Å²) in [5.41, 5.74) is 2.75. The van der Waals surface area contributed by atoms with E-state index in [1.54, 1.807) is 18.0 Å². The number of aromatic amines is 2. The molecule has 0 unspecified atom stereocenters. The Bertz CT molecular complexity index is 564. The van der Waals surface area contributed by atoms with Crippen LogP contribution in [0.1, 0.15) is 28.2 Å². The Labute approximate surface area is 113 Å². The van der Waals surface area contributed by atoms with Crippen molar-refractivity contribution in [3.05, 3.63) is 23.1 Å². The van der Waals surface area contributed by atoms with Crippen LogP contribution in [0.5, 0.6) is 0 Å². The van der Waals surface area contributed by atoms with Crippen molar-refractivity contribution < 1.29 is 4.79 Å². The fourth-order valence-corrected chi connectivity index (χ4v) is 2.82. The Morgan fingerprint density at radius 1 is 1.42 bits per heavy atom. The van der Waals surface area contributed by atoms with Crippen LogP contribution in [-0.4, -0.2) is 43.8 Å². The molecule has 19 heavy (non-hydrogen) atoms. The number of nitrogens with one attached hydrogen (secondary N) is 3. The van der Waals surface area contributed by atoms with Crippen LogP contribution < -0.4 is 5.32 Å². The van der Waals surface area contributed by atoms with E-state index in [0.717, 1.165) is 41.3 Å². The number of fused-ring (bicyclic) bond motifs is 1. The molecular weight excluding hydrogens is 264 g/mol. The molecule has 0 saturated heterocycles. The van der Waals surface area contributed by atoms with Gasteiger partial charge in [-0.1, -0.05) is 0 Å². The van der Waals surface area contributed by atoms with Gasteiger partial charge < -0.3 is 5.32 Å². The zero-order valence-electron chi connectivity index (χ0n) is 10.3. The Morgan fingerprint density at radius 2 is 2.37 bits per heavy atom. The van der Waals surface area contributed by atoms with Crippen LogP contribution in [0, 0.1) is 0 Å². The quantitative estimate of drug-likeness (QED) is 0.547. The molecule has 0 fully saturated rings. The number of thioether (sulfide) groups is 1. The molecule has 8 heteroatoms. The summed E-state index contributed by atoms with van der Waals surface area (Å²) in [6.07, 6.45) is 4.71. The molecule has 2 aromatic rings. The molecule has 3 N–H and O–H groups in total. The minimum atomic E-state index is -0.0971. The average Bonchev–Trinajstić information content (AvgIpc) is 3.10. The average molecular weight is 278 g/mol. The zero-order chi connectivity index (χ0) is 13.1. The summed E-state index contributed by atoms with van der Waals surface area (Å²) in [4.78, 5) is 12.0. The summed E-state index contributed by atoms with van der Waals surface area (Å²) in [5, 5.41) is 20.9. The van der Waals surface area contributed by atoms with Gasteiger partial charge in [-0.15, -0.1) is 16.9 Å². The number of hydrogen-bond acceptors (Lipinski definition) is 5. The minimum absolute atomic E-state index is 0.0971. The van der Waals surface area contributed by atoms with E-state index in [1.807, 2.05) is 0 Å². The topological polar surface area (TPSA) is 99.3 Å². The highest BCUT2D eigenvalue weighted by molar-refractivity contribution is 7.99. The van der Waals surface area contributed by atoms with Crippen LogP contribution in [0.25, 0.3) is 0 Å². The van der Waals surface area contributed by atoms with Gasteiger partial charge in [0.1, 0.15) is 5.03 Å². The highest BCUT2D eigenvalue weighted by atomic mass is 32.2. The predicted octanol–water partition coefficient (Wildman–Crippen LogP) is 0.539. The molecule has 2 aromatic heterocycles. The maximum absolute atomic E-state index is 12.0. The molecule has 100 valence electrons. The highest BCUT2D eigenvalue weighted by Crippen LogP contribution is 2.22. The molecule has 0 bridgehead atoms. The second-order valence-electron chi connectivity index (χ2n) is 4.30. The molecule has 1 aliphatic rings. The minimum Gasteiger partial charge on any atom is -0.350 e. The standard InChI is InChI=1S/C11H14N6OS/c18-11(10-7-2-1-3-8(7)14-16-10)12-4-5-19-9-6-13-17-15-9/h6H,1-5H2,(H,12,18)(H,14,16)(H,13,15,17). The van der Waals surface area contributed by atoms with Gasteiger partial charge in [-0.05, 0) is 19.3 Å². The van der Waals surface area contributed by atoms with Crippen LogP contribution in [0.4, 0.5) is 0 Å². The van der Waals surface area contributed by atoms with Gasteiger partial charge in [0.05, 0.1) is 6.20 Å². The summed E-state index contributed by atoms with van der Waals surface area (Å²) >= 11 is 1.54.